The lowest BCUT2D eigenvalue weighted by molar-refractivity contribution is -0.127. The number of likely N-dealkylation sites (tertiary alicyclic amines) is 1. The minimum absolute atomic E-state index is 0.00953. The Kier molecular flexibility index (Phi) is 5.41. The molecule has 2 aromatic rings. The highest BCUT2D eigenvalue weighted by atomic mass is 32.1. The molecule has 0 spiro atoms. The zero-order valence-electron chi connectivity index (χ0n) is 13.0. The van der Waals surface area contributed by atoms with Crippen LogP contribution in [0.5, 0.6) is 0 Å². The number of hydrogen-bond acceptors (Lipinski definition) is 3. The number of nitrogens with zero attached hydrogens (tertiary/aromatic N) is 1. The van der Waals surface area contributed by atoms with Crippen molar-refractivity contribution in [2.45, 2.75) is 31.8 Å². The summed E-state index contributed by atoms with van der Waals surface area (Å²) in [6, 6.07) is 7.97. The highest BCUT2D eigenvalue weighted by Crippen LogP contribution is 2.25. The fourth-order valence-electron chi connectivity index (χ4n) is 3.03. The van der Waals surface area contributed by atoms with Gasteiger partial charge in [-0.05, 0) is 66.0 Å². The lowest BCUT2D eigenvalue weighted by Gasteiger charge is -2.34. The number of benzene rings is 1. The second-order valence-corrected chi connectivity index (χ2v) is 6.68. The number of amides is 1. The van der Waals surface area contributed by atoms with Crippen molar-refractivity contribution in [2.75, 3.05) is 13.1 Å². The van der Waals surface area contributed by atoms with Crippen molar-refractivity contribution in [3.8, 4) is 0 Å². The molecule has 0 radical (unpaired) electrons. The predicted octanol–water partition coefficient (Wildman–Crippen LogP) is 3.73. The summed E-state index contributed by atoms with van der Waals surface area (Å²) in [5.74, 6) is -0.283. The maximum absolute atomic E-state index is 13.2. The third kappa shape index (κ3) is 4.18. The van der Waals surface area contributed by atoms with E-state index in [0.29, 0.717) is 6.54 Å². The van der Waals surface area contributed by atoms with Gasteiger partial charge < -0.3 is 5.32 Å². The second-order valence-electron chi connectivity index (χ2n) is 5.90. The van der Waals surface area contributed by atoms with Gasteiger partial charge in [-0.1, -0.05) is 18.6 Å². The number of carbonyl (C=O) groups excluding carboxylic acids is 1. The number of nitrogens with one attached hydrogen (secondary N) is 1. The van der Waals surface area contributed by atoms with Crippen molar-refractivity contribution < 1.29 is 9.18 Å². The highest BCUT2D eigenvalue weighted by Gasteiger charge is 2.28. The molecule has 3 rings (SSSR count). The van der Waals surface area contributed by atoms with Gasteiger partial charge >= 0.3 is 0 Å². The average molecular weight is 332 g/mol. The first-order chi connectivity index (χ1) is 11.2. The van der Waals surface area contributed by atoms with Gasteiger partial charge in [0, 0.05) is 6.54 Å². The van der Waals surface area contributed by atoms with E-state index in [0.717, 1.165) is 37.1 Å². The van der Waals surface area contributed by atoms with Gasteiger partial charge in [0.1, 0.15) is 11.9 Å². The van der Waals surface area contributed by atoms with Crippen molar-refractivity contribution in [1.82, 2.24) is 10.2 Å². The average Bonchev–Trinajstić information content (AvgIpc) is 3.09. The molecule has 1 N–H and O–H groups in total. The molecule has 0 aliphatic carbocycles. The van der Waals surface area contributed by atoms with Crippen LogP contribution in [0.3, 0.4) is 0 Å². The standard InChI is InChI=1S/C18H21FN2OS/c19-16-6-4-15(5-7-16)17(21-9-2-1-3-10-21)18(22)20-12-14-8-11-23-13-14/h4-8,11,13,17H,1-3,9-10,12H2,(H,20,22). The first-order valence-electron chi connectivity index (χ1n) is 8.02. The summed E-state index contributed by atoms with van der Waals surface area (Å²) in [5.41, 5.74) is 1.97. The Labute approximate surface area is 140 Å². The Hall–Kier alpha value is -1.72. The third-order valence-corrected chi connectivity index (χ3v) is 4.97. The summed E-state index contributed by atoms with van der Waals surface area (Å²) in [5, 5.41) is 7.07. The molecule has 1 aromatic heterocycles. The van der Waals surface area contributed by atoms with Crippen molar-refractivity contribution in [3.05, 3.63) is 58.0 Å². The molecule has 1 amide bonds. The van der Waals surface area contributed by atoms with Crippen LogP contribution >= 0.6 is 11.3 Å². The van der Waals surface area contributed by atoms with Crippen LogP contribution < -0.4 is 5.32 Å². The maximum atomic E-state index is 13.2. The van der Waals surface area contributed by atoms with Crippen LogP contribution in [0.4, 0.5) is 4.39 Å². The van der Waals surface area contributed by atoms with Gasteiger partial charge in [-0.25, -0.2) is 4.39 Å². The van der Waals surface area contributed by atoms with Gasteiger partial charge in [-0.2, -0.15) is 11.3 Å². The lowest BCUT2D eigenvalue weighted by Crippen LogP contribution is -2.42. The van der Waals surface area contributed by atoms with Gasteiger partial charge in [0.05, 0.1) is 0 Å². The Morgan fingerprint density at radius 3 is 2.57 bits per heavy atom. The quantitative estimate of drug-likeness (QED) is 0.905. The molecule has 0 bridgehead atoms. The number of hydrogen-bond donors (Lipinski definition) is 1. The van der Waals surface area contributed by atoms with Gasteiger partial charge in [0.25, 0.3) is 0 Å². The molecular weight excluding hydrogens is 311 g/mol. The Morgan fingerprint density at radius 2 is 1.91 bits per heavy atom. The SMILES string of the molecule is O=C(NCc1ccsc1)C(c1ccc(F)cc1)N1CCCCC1. The number of piperidine rings is 1. The smallest absolute Gasteiger partial charge is 0.242 e. The van der Waals surface area contributed by atoms with Crippen LogP contribution in [0, 0.1) is 5.82 Å². The molecular formula is C18H21FN2OS. The Bertz CT molecular complexity index is 621. The van der Waals surface area contributed by atoms with E-state index in [1.165, 1.54) is 18.6 Å². The minimum Gasteiger partial charge on any atom is -0.350 e. The topological polar surface area (TPSA) is 32.3 Å². The summed E-state index contributed by atoms with van der Waals surface area (Å²) in [4.78, 5) is 15.0. The monoisotopic (exact) mass is 332 g/mol. The maximum Gasteiger partial charge on any atom is 0.242 e. The van der Waals surface area contributed by atoms with Crippen LogP contribution in [0.25, 0.3) is 0 Å². The minimum atomic E-state index is -0.338. The number of rotatable bonds is 5. The fraction of sp³-hybridized carbons (Fsp3) is 0.389. The zero-order valence-corrected chi connectivity index (χ0v) is 13.8. The summed E-state index contributed by atoms with van der Waals surface area (Å²) >= 11 is 1.62. The van der Waals surface area contributed by atoms with Gasteiger partial charge in [0.15, 0.2) is 0 Å². The summed E-state index contributed by atoms with van der Waals surface area (Å²) < 4.78 is 13.2. The van der Waals surface area contributed by atoms with Crippen LogP contribution in [-0.2, 0) is 11.3 Å². The molecule has 2 heterocycles. The normalized spacial score (nSPS) is 16.9. The van der Waals surface area contributed by atoms with E-state index in [2.05, 4.69) is 10.2 Å². The van der Waals surface area contributed by atoms with E-state index >= 15 is 0 Å². The van der Waals surface area contributed by atoms with Gasteiger partial charge in [-0.3, -0.25) is 9.69 Å². The van der Waals surface area contributed by atoms with Crippen molar-refractivity contribution in [1.29, 1.82) is 0 Å². The highest BCUT2D eigenvalue weighted by molar-refractivity contribution is 7.07. The van der Waals surface area contributed by atoms with Gasteiger partial charge in [0.2, 0.25) is 5.91 Å². The summed E-state index contributed by atoms with van der Waals surface area (Å²) in [7, 11) is 0. The predicted molar refractivity (Wildman–Crippen MR) is 90.7 cm³/mol. The molecule has 1 aromatic carbocycles. The molecule has 1 saturated heterocycles. The van der Waals surface area contributed by atoms with E-state index in [9.17, 15) is 9.18 Å². The van der Waals surface area contributed by atoms with Crippen molar-refractivity contribution in [3.63, 3.8) is 0 Å². The van der Waals surface area contributed by atoms with E-state index < -0.39 is 0 Å². The van der Waals surface area contributed by atoms with E-state index in [4.69, 9.17) is 0 Å². The van der Waals surface area contributed by atoms with Crippen LogP contribution in [0.15, 0.2) is 41.1 Å². The third-order valence-electron chi connectivity index (χ3n) is 4.24. The molecule has 122 valence electrons. The Balaban J connectivity index is 1.75. The molecule has 1 fully saturated rings. The van der Waals surface area contributed by atoms with E-state index in [1.54, 1.807) is 23.5 Å². The van der Waals surface area contributed by atoms with E-state index in [-0.39, 0.29) is 17.8 Å². The number of halogens is 1. The summed E-state index contributed by atoms with van der Waals surface area (Å²) in [6.45, 7) is 2.36. The number of carbonyl (C=O) groups is 1. The second kappa shape index (κ2) is 7.70. The molecule has 1 atom stereocenters. The fourth-order valence-corrected chi connectivity index (χ4v) is 3.70. The first kappa shape index (κ1) is 16.1. The van der Waals surface area contributed by atoms with E-state index in [1.807, 2.05) is 16.8 Å². The van der Waals surface area contributed by atoms with Crippen molar-refractivity contribution >= 4 is 17.2 Å². The molecule has 1 aliphatic heterocycles. The molecule has 23 heavy (non-hydrogen) atoms. The van der Waals surface area contributed by atoms with Gasteiger partial charge in [-0.15, -0.1) is 0 Å². The molecule has 1 aliphatic rings. The molecule has 3 nitrogen and oxygen atoms in total. The molecule has 5 heteroatoms. The largest absolute Gasteiger partial charge is 0.350 e. The van der Waals surface area contributed by atoms with Crippen molar-refractivity contribution in [2.24, 2.45) is 0 Å². The lowest BCUT2D eigenvalue weighted by atomic mass is 10.0. The van der Waals surface area contributed by atoms with Crippen LogP contribution in [0.2, 0.25) is 0 Å². The van der Waals surface area contributed by atoms with Crippen LogP contribution in [-0.4, -0.2) is 23.9 Å². The Morgan fingerprint density at radius 1 is 1.17 bits per heavy atom. The van der Waals surface area contributed by atoms with Crippen LogP contribution in [0.1, 0.15) is 36.4 Å². The summed E-state index contributed by atoms with van der Waals surface area (Å²) in [6.07, 6.45) is 3.42. The first-order valence-corrected chi connectivity index (χ1v) is 8.96. The number of thiophene rings is 1. The molecule has 1 unspecified atom stereocenters. The molecule has 0 saturated carbocycles. The zero-order chi connectivity index (χ0) is 16.1.